The summed E-state index contributed by atoms with van der Waals surface area (Å²) in [6.45, 7) is 2.90. The summed E-state index contributed by atoms with van der Waals surface area (Å²) < 4.78 is 6.25. The largest absolute Gasteiger partial charge is 0.353 e. The topological polar surface area (TPSA) is 79.0 Å². The predicted molar refractivity (Wildman–Crippen MR) is 128 cm³/mol. The fourth-order valence-electron chi connectivity index (χ4n) is 4.87. The molecule has 1 atom stereocenters. The first kappa shape index (κ1) is 22.9. The Bertz CT molecular complexity index is 1110. The zero-order valence-electron chi connectivity index (χ0n) is 19.1. The fourth-order valence-corrected chi connectivity index (χ4v) is 4.99. The molecule has 178 valence electrons. The number of hydrogen-bond donors (Lipinski definition) is 1. The molecule has 2 aliphatic heterocycles. The first-order valence-corrected chi connectivity index (χ1v) is 12.1. The molecule has 2 aromatic rings. The minimum Gasteiger partial charge on any atom is -0.353 e. The number of ether oxygens (including phenoxy) is 1. The van der Waals surface area contributed by atoms with Gasteiger partial charge in [0.25, 0.3) is 11.8 Å². The van der Waals surface area contributed by atoms with Gasteiger partial charge >= 0.3 is 0 Å². The molecule has 0 aromatic heterocycles. The number of nitrogens with one attached hydrogen (secondary N) is 1. The lowest BCUT2D eigenvalue weighted by Crippen LogP contribution is -2.60. The Kier molecular flexibility index (Phi) is 6.08. The van der Waals surface area contributed by atoms with E-state index in [4.69, 9.17) is 16.3 Å². The molecular formula is C26H28ClN3O4. The van der Waals surface area contributed by atoms with E-state index in [1.54, 1.807) is 40.1 Å². The molecule has 1 spiro atoms. The lowest BCUT2D eigenvalue weighted by Gasteiger charge is -2.44. The smallest absolute Gasteiger partial charge is 0.257 e. The number of piperidine rings is 1. The summed E-state index contributed by atoms with van der Waals surface area (Å²) in [4.78, 5) is 43.3. The van der Waals surface area contributed by atoms with E-state index in [1.807, 2.05) is 25.1 Å². The third-order valence-corrected chi connectivity index (χ3v) is 7.26. The van der Waals surface area contributed by atoms with E-state index < -0.39 is 11.8 Å². The molecule has 3 aliphatic rings. The summed E-state index contributed by atoms with van der Waals surface area (Å²) in [5, 5.41) is 3.61. The van der Waals surface area contributed by atoms with E-state index in [0.29, 0.717) is 42.1 Å². The molecule has 1 saturated carbocycles. The van der Waals surface area contributed by atoms with Gasteiger partial charge in [-0.05, 0) is 55.7 Å². The standard InChI is InChI=1S/C26H28ClN3O4/c1-17-4-2-3-5-21(17)25(33)30-22(23(31)28-20-10-11-20)16-34-26(30)12-14-29(15-13-26)24(32)18-6-8-19(27)9-7-18/h2-9,20,22H,10-16H2,1H3,(H,28,31)/t22-/m0/s1. The maximum atomic E-state index is 13.8. The van der Waals surface area contributed by atoms with Crippen molar-refractivity contribution in [3.05, 3.63) is 70.2 Å². The molecule has 1 N–H and O–H groups in total. The molecule has 3 fully saturated rings. The van der Waals surface area contributed by atoms with Crippen molar-refractivity contribution >= 4 is 29.3 Å². The third-order valence-electron chi connectivity index (χ3n) is 7.00. The van der Waals surface area contributed by atoms with Crippen molar-refractivity contribution in [3.8, 4) is 0 Å². The fraction of sp³-hybridized carbons (Fsp3) is 0.423. The highest BCUT2D eigenvalue weighted by Crippen LogP contribution is 2.39. The average molecular weight is 482 g/mol. The molecule has 7 nitrogen and oxygen atoms in total. The second kappa shape index (κ2) is 9.04. The Hall–Kier alpha value is -2.90. The molecule has 8 heteroatoms. The molecule has 1 aliphatic carbocycles. The first-order chi connectivity index (χ1) is 16.4. The Morgan fingerprint density at radius 1 is 1.00 bits per heavy atom. The summed E-state index contributed by atoms with van der Waals surface area (Å²) in [6.07, 6.45) is 2.82. The van der Waals surface area contributed by atoms with E-state index in [9.17, 15) is 14.4 Å². The SMILES string of the molecule is Cc1ccccc1C(=O)N1[C@H](C(=O)NC2CC2)COC12CCN(C(=O)c1ccc(Cl)cc1)CC2. The second-order valence-electron chi connectivity index (χ2n) is 9.35. The van der Waals surface area contributed by atoms with Gasteiger partial charge in [0, 0.05) is 48.1 Å². The number of nitrogens with zero attached hydrogens (tertiary/aromatic N) is 2. The van der Waals surface area contributed by atoms with Crippen molar-refractivity contribution < 1.29 is 19.1 Å². The molecule has 3 amide bonds. The molecule has 2 aromatic carbocycles. The molecule has 2 saturated heterocycles. The van der Waals surface area contributed by atoms with Gasteiger partial charge in [0.05, 0.1) is 6.61 Å². The van der Waals surface area contributed by atoms with Crippen LogP contribution >= 0.6 is 11.6 Å². The molecule has 0 bridgehead atoms. The number of rotatable bonds is 4. The number of halogens is 1. The van der Waals surface area contributed by atoms with Crippen LogP contribution in [0.15, 0.2) is 48.5 Å². The van der Waals surface area contributed by atoms with E-state index in [1.165, 1.54) is 0 Å². The maximum Gasteiger partial charge on any atom is 0.257 e. The van der Waals surface area contributed by atoms with Crippen LogP contribution in [0.5, 0.6) is 0 Å². The molecular weight excluding hydrogens is 454 g/mol. The van der Waals surface area contributed by atoms with Gasteiger partial charge in [-0.3, -0.25) is 19.3 Å². The lowest BCUT2D eigenvalue weighted by atomic mass is 9.95. The van der Waals surface area contributed by atoms with Gasteiger partial charge < -0.3 is 15.0 Å². The van der Waals surface area contributed by atoms with Crippen LogP contribution in [0.1, 0.15) is 52.0 Å². The van der Waals surface area contributed by atoms with E-state index >= 15 is 0 Å². The number of carbonyl (C=O) groups excluding carboxylic acids is 3. The zero-order chi connectivity index (χ0) is 23.9. The van der Waals surface area contributed by atoms with Crippen LogP contribution in [0.25, 0.3) is 0 Å². The van der Waals surface area contributed by atoms with Crippen molar-refractivity contribution in [3.63, 3.8) is 0 Å². The summed E-state index contributed by atoms with van der Waals surface area (Å²) >= 11 is 5.95. The van der Waals surface area contributed by atoms with Crippen LogP contribution < -0.4 is 5.32 Å². The highest BCUT2D eigenvalue weighted by molar-refractivity contribution is 6.30. The number of carbonyl (C=O) groups is 3. The monoisotopic (exact) mass is 481 g/mol. The van der Waals surface area contributed by atoms with Gasteiger partial charge in [-0.25, -0.2) is 0 Å². The summed E-state index contributed by atoms with van der Waals surface area (Å²) in [7, 11) is 0. The van der Waals surface area contributed by atoms with Crippen molar-refractivity contribution in [1.82, 2.24) is 15.1 Å². The van der Waals surface area contributed by atoms with Crippen LogP contribution in [-0.2, 0) is 9.53 Å². The van der Waals surface area contributed by atoms with Crippen LogP contribution in [0.3, 0.4) is 0 Å². The zero-order valence-corrected chi connectivity index (χ0v) is 19.9. The lowest BCUT2D eigenvalue weighted by molar-refractivity contribution is -0.128. The average Bonchev–Trinajstić information content (AvgIpc) is 3.58. The Labute approximate surface area is 204 Å². The number of amides is 3. The van der Waals surface area contributed by atoms with Crippen LogP contribution in [-0.4, -0.2) is 65.0 Å². The Morgan fingerprint density at radius 3 is 2.32 bits per heavy atom. The number of aryl methyl sites for hydroxylation is 1. The Morgan fingerprint density at radius 2 is 1.68 bits per heavy atom. The van der Waals surface area contributed by atoms with Gasteiger partial charge in [0.1, 0.15) is 11.8 Å². The highest BCUT2D eigenvalue weighted by Gasteiger charge is 2.54. The van der Waals surface area contributed by atoms with E-state index in [-0.39, 0.29) is 30.4 Å². The molecule has 0 radical (unpaired) electrons. The quantitative estimate of drug-likeness (QED) is 0.726. The summed E-state index contributed by atoms with van der Waals surface area (Å²) in [6, 6.07) is 13.7. The number of benzene rings is 2. The summed E-state index contributed by atoms with van der Waals surface area (Å²) in [5.41, 5.74) is 1.08. The number of likely N-dealkylation sites (tertiary alicyclic amines) is 1. The van der Waals surface area contributed by atoms with E-state index in [0.717, 1.165) is 18.4 Å². The van der Waals surface area contributed by atoms with Crippen LogP contribution in [0, 0.1) is 6.92 Å². The van der Waals surface area contributed by atoms with Crippen molar-refractivity contribution in [2.45, 2.75) is 50.4 Å². The molecule has 5 rings (SSSR count). The Balaban J connectivity index is 1.38. The number of hydrogen-bond acceptors (Lipinski definition) is 4. The minimum atomic E-state index is -0.915. The normalized spacial score (nSPS) is 21.5. The third kappa shape index (κ3) is 4.30. The van der Waals surface area contributed by atoms with E-state index in [2.05, 4.69) is 5.32 Å². The van der Waals surface area contributed by atoms with Gasteiger partial charge in [-0.2, -0.15) is 0 Å². The van der Waals surface area contributed by atoms with Crippen LogP contribution in [0.2, 0.25) is 5.02 Å². The molecule has 34 heavy (non-hydrogen) atoms. The minimum absolute atomic E-state index is 0.0793. The maximum absolute atomic E-state index is 13.8. The second-order valence-corrected chi connectivity index (χ2v) is 9.78. The van der Waals surface area contributed by atoms with Crippen molar-refractivity contribution in [2.24, 2.45) is 0 Å². The first-order valence-electron chi connectivity index (χ1n) is 11.8. The van der Waals surface area contributed by atoms with Gasteiger partial charge in [-0.15, -0.1) is 0 Å². The predicted octanol–water partition coefficient (Wildman–Crippen LogP) is 3.40. The summed E-state index contributed by atoms with van der Waals surface area (Å²) in [5.74, 6) is -0.450. The van der Waals surface area contributed by atoms with Gasteiger partial charge in [0.2, 0.25) is 5.91 Å². The van der Waals surface area contributed by atoms with Crippen LogP contribution in [0.4, 0.5) is 0 Å². The highest BCUT2D eigenvalue weighted by atomic mass is 35.5. The molecule has 0 unspecified atom stereocenters. The van der Waals surface area contributed by atoms with Gasteiger partial charge in [0.15, 0.2) is 0 Å². The van der Waals surface area contributed by atoms with Crippen molar-refractivity contribution in [1.29, 1.82) is 0 Å². The van der Waals surface area contributed by atoms with Crippen molar-refractivity contribution in [2.75, 3.05) is 19.7 Å². The molecule has 2 heterocycles. The van der Waals surface area contributed by atoms with Gasteiger partial charge in [-0.1, -0.05) is 29.8 Å².